The number of nitrogens with zero attached hydrogens (tertiary/aromatic N) is 2. The van der Waals surface area contributed by atoms with Gasteiger partial charge in [0.25, 0.3) is 5.91 Å². The van der Waals surface area contributed by atoms with Crippen LogP contribution < -0.4 is 4.74 Å². The van der Waals surface area contributed by atoms with Gasteiger partial charge in [-0.15, -0.1) is 0 Å². The summed E-state index contributed by atoms with van der Waals surface area (Å²) in [5, 5.41) is 0. The van der Waals surface area contributed by atoms with Crippen LogP contribution in [0.3, 0.4) is 0 Å². The van der Waals surface area contributed by atoms with Crippen LogP contribution in [0.2, 0.25) is 0 Å². The third-order valence-electron chi connectivity index (χ3n) is 5.76. The fraction of sp³-hybridized carbons (Fsp3) is 0.545. The second-order valence-corrected chi connectivity index (χ2v) is 7.83. The summed E-state index contributed by atoms with van der Waals surface area (Å²) < 4.78 is 5.69. The monoisotopic (exact) mass is 370 g/mol. The third-order valence-corrected chi connectivity index (χ3v) is 5.76. The van der Waals surface area contributed by atoms with Crippen molar-refractivity contribution in [3.8, 4) is 5.75 Å². The molecular weight excluding hydrogens is 340 g/mol. The van der Waals surface area contributed by atoms with Crippen LogP contribution in [0.4, 0.5) is 0 Å². The van der Waals surface area contributed by atoms with Crippen molar-refractivity contribution in [3.05, 3.63) is 42.0 Å². The van der Waals surface area contributed by atoms with E-state index in [-0.39, 0.29) is 17.2 Å². The van der Waals surface area contributed by atoms with E-state index in [0.717, 1.165) is 44.3 Å². The minimum atomic E-state index is -0.00478. The number of likely N-dealkylation sites (tertiary alicyclic amines) is 2. The summed E-state index contributed by atoms with van der Waals surface area (Å²) in [4.78, 5) is 29.2. The molecule has 2 amide bonds. The van der Waals surface area contributed by atoms with Gasteiger partial charge in [-0.25, -0.2) is 0 Å². The van der Waals surface area contributed by atoms with E-state index in [9.17, 15) is 9.59 Å². The van der Waals surface area contributed by atoms with Crippen molar-refractivity contribution in [2.45, 2.75) is 39.5 Å². The lowest BCUT2D eigenvalue weighted by molar-refractivity contribution is -0.130. The zero-order valence-corrected chi connectivity index (χ0v) is 16.5. The average molecular weight is 370 g/mol. The van der Waals surface area contributed by atoms with Crippen LogP contribution in [0.25, 0.3) is 0 Å². The number of piperidine rings is 2. The van der Waals surface area contributed by atoms with Gasteiger partial charge < -0.3 is 14.5 Å². The minimum absolute atomic E-state index is 0.000428. The lowest BCUT2D eigenvalue weighted by Crippen LogP contribution is -2.54. The molecule has 3 rings (SSSR count). The summed E-state index contributed by atoms with van der Waals surface area (Å²) in [6, 6.07) is 5.78. The maximum Gasteiger partial charge on any atom is 0.257 e. The molecule has 0 aromatic heterocycles. The molecule has 0 saturated carbocycles. The summed E-state index contributed by atoms with van der Waals surface area (Å²) in [5.41, 5.74) is 1.69. The summed E-state index contributed by atoms with van der Waals surface area (Å²) in [5.74, 6) is 0.683. The van der Waals surface area contributed by atoms with Crippen molar-refractivity contribution >= 4 is 11.8 Å². The molecule has 27 heavy (non-hydrogen) atoms. The highest BCUT2D eigenvalue weighted by Crippen LogP contribution is 2.39. The molecule has 2 saturated heterocycles. The van der Waals surface area contributed by atoms with E-state index in [4.69, 9.17) is 4.74 Å². The molecule has 1 unspecified atom stereocenters. The predicted molar refractivity (Wildman–Crippen MR) is 106 cm³/mol. The van der Waals surface area contributed by atoms with Gasteiger partial charge in [0.15, 0.2) is 0 Å². The van der Waals surface area contributed by atoms with E-state index < -0.39 is 0 Å². The second-order valence-electron chi connectivity index (χ2n) is 7.83. The predicted octanol–water partition coefficient (Wildman–Crippen LogP) is 3.42. The molecule has 1 aromatic rings. The lowest BCUT2D eigenvalue weighted by atomic mass is 9.73. The van der Waals surface area contributed by atoms with Crippen LogP contribution in [0.15, 0.2) is 30.9 Å². The minimum Gasteiger partial charge on any atom is -0.493 e. The van der Waals surface area contributed by atoms with Crippen molar-refractivity contribution in [1.82, 2.24) is 9.80 Å². The molecule has 0 aliphatic carbocycles. The smallest absolute Gasteiger partial charge is 0.257 e. The molecule has 0 bridgehead atoms. The normalized spacial score (nSPS) is 22.6. The number of ether oxygens (including phenoxy) is 1. The van der Waals surface area contributed by atoms with Crippen LogP contribution in [0, 0.1) is 12.3 Å². The molecule has 2 fully saturated rings. The van der Waals surface area contributed by atoms with Crippen LogP contribution in [-0.4, -0.2) is 54.4 Å². The number of rotatable bonds is 4. The highest BCUT2D eigenvalue weighted by Gasteiger charge is 2.41. The Balaban J connectivity index is 1.80. The summed E-state index contributed by atoms with van der Waals surface area (Å²) >= 11 is 0. The summed E-state index contributed by atoms with van der Waals surface area (Å²) in [7, 11) is 0. The van der Waals surface area contributed by atoms with Gasteiger partial charge in [-0.2, -0.15) is 0 Å². The Labute approximate surface area is 162 Å². The van der Waals surface area contributed by atoms with Gasteiger partial charge in [0, 0.05) is 31.6 Å². The lowest BCUT2D eigenvalue weighted by Gasteiger charge is -2.48. The van der Waals surface area contributed by atoms with Crippen molar-refractivity contribution in [2.75, 3.05) is 32.8 Å². The second kappa shape index (κ2) is 8.15. The summed E-state index contributed by atoms with van der Waals surface area (Å²) in [6.45, 7) is 11.0. The van der Waals surface area contributed by atoms with Gasteiger partial charge in [0.1, 0.15) is 5.75 Å². The number of benzene rings is 1. The summed E-state index contributed by atoms with van der Waals surface area (Å²) in [6.07, 6.45) is 5.47. The molecule has 5 heteroatoms. The zero-order chi connectivity index (χ0) is 19.4. The standard InChI is InChI=1S/C22H30N2O3/c1-4-20(25)23-12-6-10-22(15-23)11-7-13-24(16-22)21(26)18-14-17(3)8-9-19(18)27-5-2/h4,8-9,14H,1,5-7,10-13,15-16H2,2-3H3. The Morgan fingerprint density at radius 3 is 2.52 bits per heavy atom. The first-order valence-corrected chi connectivity index (χ1v) is 9.92. The number of aryl methyl sites for hydroxylation is 1. The van der Waals surface area contributed by atoms with Gasteiger partial charge >= 0.3 is 0 Å². The highest BCUT2D eigenvalue weighted by atomic mass is 16.5. The van der Waals surface area contributed by atoms with Gasteiger partial charge in [0.2, 0.25) is 5.91 Å². The maximum atomic E-state index is 13.3. The van der Waals surface area contributed by atoms with Crippen molar-refractivity contribution in [1.29, 1.82) is 0 Å². The Kier molecular flexibility index (Phi) is 5.88. The molecule has 2 heterocycles. The van der Waals surface area contributed by atoms with Crippen molar-refractivity contribution in [2.24, 2.45) is 5.41 Å². The Morgan fingerprint density at radius 1 is 1.19 bits per heavy atom. The number of hydrogen-bond donors (Lipinski definition) is 0. The molecule has 5 nitrogen and oxygen atoms in total. The van der Waals surface area contributed by atoms with Gasteiger partial charge in [-0.05, 0) is 57.7 Å². The van der Waals surface area contributed by atoms with Crippen LogP contribution >= 0.6 is 0 Å². The first-order valence-electron chi connectivity index (χ1n) is 9.92. The quantitative estimate of drug-likeness (QED) is 0.763. The van der Waals surface area contributed by atoms with Gasteiger partial charge in [-0.1, -0.05) is 18.2 Å². The molecule has 2 aliphatic heterocycles. The molecule has 0 radical (unpaired) electrons. The first-order chi connectivity index (χ1) is 13.0. The van der Waals surface area contributed by atoms with Crippen LogP contribution in [0.1, 0.15) is 48.5 Å². The molecule has 1 atom stereocenters. The van der Waals surface area contributed by atoms with E-state index in [1.165, 1.54) is 6.08 Å². The van der Waals surface area contributed by atoms with E-state index in [2.05, 4.69) is 6.58 Å². The maximum absolute atomic E-state index is 13.3. The van der Waals surface area contributed by atoms with Crippen molar-refractivity contribution in [3.63, 3.8) is 0 Å². The molecule has 1 spiro atoms. The highest BCUT2D eigenvalue weighted by molar-refractivity contribution is 5.97. The number of carbonyl (C=O) groups is 2. The number of hydrogen-bond acceptors (Lipinski definition) is 3. The SMILES string of the molecule is C=CC(=O)N1CCCC2(CCCN(C(=O)c3cc(C)ccc3OCC)C2)C1. The Morgan fingerprint density at radius 2 is 1.85 bits per heavy atom. The Hall–Kier alpha value is -2.30. The molecular formula is C22H30N2O3. The number of carbonyl (C=O) groups excluding carboxylic acids is 2. The molecule has 2 aliphatic rings. The zero-order valence-electron chi connectivity index (χ0n) is 16.5. The molecule has 1 aromatic carbocycles. The Bertz CT molecular complexity index is 726. The van der Waals surface area contributed by atoms with E-state index >= 15 is 0 Å². The largest absolute Gasteiger partial charge is 0.493 e. The van der Waals surface area contributed by atoms with E-state index in [1.54, 1.807) is 0 Å². The molecule has 146 valence electrons. The average Bonchev–Trinajstić information content (AvgIpc) is 2.68. The van der Waals surface area contributed by atoms with Crippen molar-refractivity contribution < 1.29 is 14.3 Å². The van der Waals surface area contributed by atoms with Gasteiger partial charge in [-0.3, -0.25) is 9.59 Å². The van der Waals surface area contributed by atoms with Crippen LogP contribution in [-0.2, 0) is 4.79 Å². The van der Waals surface area contributed by atoms with Gasteiger partial charge in [0.05, 0.1) is 12.2 Å². The van der Waals surface area contributed by atoms with Crippen LogP contribution in [0.5, 0.6) is 5.75 Å². The van der Waals surface area contributed by atoms with E-state index in [0.29, 0.717) is 31.0 Å². The van der Waals surface area contributed by atoms with E-state index in [1.807, 2.05) is 41.8 Å². The third kappa shape index (κ3) is 4.18. The number of amides is 2. The topological polar surface area (TPSA) is 49.9 Å². The molecule has 0 N–H and O–H groups in total. The first kappa shape index (κ1) is 19.5. The fourth-order valence-corrected chi connectivity index (χ4v) is 4.50. The fourth-order valence-electron chi connectivity index (χ4n) is 4.50.